The van der Waals surface area contributed by atoms with Gasteiger partial charge in [0.2, 0.25) is 5.92 Å². The Kier molecular flexibility index (Phi) is 4.21. The smallest absolute Gasteiger partial charge is 0.306 e. The van der Waals surface area contributed by atoms with E-state index in [1.807, 2.05) is 0 Å². The van der Waals surface area contributed by atoms with Crippen molar-refractivity contribution in [3.8, 4) is 0 Å². The van der Waals surface area contributed by atoms with Crippen LogP contribution in [-0.4, -0.2) is 17.0 Å². The molecule has 1 aromatic rings. The molecule has 0 spiro atoms. The molecule has 0 saturated heterocycles. The Morgan fingerprint density at radius 2 is 2.00 bits per heavy atom. The Morgan fingerprint density at radius 1 is 1.41 bits per heavy atom. The molecule has 0 bridgehead atoms. The molecule has 17 heavy (non-hydrogen) atoms. The molecular weight excluding hydrogens is 226 g/mol. The largest absolute Gasteiger partial charge is 0.481 e. The molecule has 94 valence electrons. The summed E-state index contributed by atoms with van der Waals surface area (Å²) in [5.41, 5.74) is 1.31. The molecule has 4 heteroatoms. The lowest BCUT2D eigenvalue weighted by atomic mass is 9.98. The maximum absolute atomic E-state index is 12.8. The lowest BCUT2D eigenvalue weighted by molar-refractivity contribution is -0.141. The van der Waals surface area contributed by atoms with Crippen LogP contribution >= 0.6 is 0 Å². The zero-order valence-electron chi connectivity index (χ0n) is 9.91. The maximum Gasteiger partial charge on any atom is 0.306 e. The molecule has 1 aromatic carbocycles. The van der Waals surface area contributed by atoms with Gasteiger partial charge in [-0.15, -0.1) is 0 Å². The van der Waals surface area contributed by atoms with Gasteiger partial charge in [-0.25, -0.2) is 8.78 Å². The third-order valence-electron chi connectivity index (χ3n) is 2.47. The average Bonchev–Trinajstić information content (AvgIpc) is 2.15. The number of aliphatic carboxylic acids is 1. The Bertz CT molecular complexity index is 397. The van der Waals surface area contributed by atoms with Crippen LogP contribution in [0.1, 0.15) is 25.0 Å². The summed E-state index contributed by atoms with van der Waals surface area (Å²) in [6, 6.07) is 6.73. The molecule has 0 aliphatic carbocycles. The van der Waals surface area contributed by atoms with Crippen LogP contribution in [0.3, 0.4) is 0 Å². The molecule has 0 aromatic heterocycles. The van der Waals surface area contributed by atoms with E-state index in [1.165, 1.54) is 0 Å². The average molecular weight is 242 g/mol. The highest BCUT2D eigenvalue weighted by Gasteiger charge is 2.21. The summed E-state index contributed by atoms with van der Waals surface area (Å²) in [5.74, 6) is -4.12. The molecule has 0 aliphatic rings. The molecule has 0 radical (unpaired) electrons. The Hall–Kier alpha value is -1.45. The van der Waals surface area contributed by atoms with E-state index in [2.05, 4.69) is 0 Å². The number of carboxylic acid groups (broad SMARTS) is 1. The van der Waals surface area contributed by atoms with Gasteiger partial charge in [-0.3, -0.25) is 4.79 Å². The minimum absolute atomic E-state index is 0.317. The summed E-state index contributed by atoms with van der Waals surface area (Å²) in [5, 5.41) is 8.78. The summed E-state index contributed by atoms with van der Waals surface area (Å²) in [7, 11) is 0. The van der Waals surface area contributed by atoms with Gasteiger partial charge in [0.1, 0.15) is 0 Å². The van der Waals surface area contributed by atoms with Gasteiger partial charge in [0.05, 0.1) is 5.92 Å². The summed E-state index contributed by atoms with van der Waals surface area (Å²) in [6.07, 6.45) is 0.0424. The fraction of sp³-hybridized carbons (Fsp3) is 0.462. The van der Waals surface area contributed by atoms with Crippen LogP contribution in [-0.2, 0) is 17.6 Å². The predicted octanol–water partition coefficient (Wildman–Crippen LogP) is 3.15. The molecule has 0 aliphatic heterocycles. The van der Waals surface area contributed by atoms with Crippen molar-refractivity contribution in [2.75, 3.05) is 0 Å². The molecule has 0 heterocycles. The van der Waals surface area contributed by atoms with E-state index >= 15 is 0 Å². The number of carboxylic acids is 1. The standard InChI is InChI=1S/C13H16F2O2/c1-9(12(16)17)6-10-4-3-5-11(7-10)8-13(2,14)15/h3-5,7,9H,6,8H2,1-2H3,(H,16,17). The van der Waals surface area contributed by atoms with Crippen molar-refractivity contribution >= 4 is 5.97 Å². The van der Waals surface area contributed by atoms with Gasteiger partial charge in [0.25, 0.3) is 0 Å². The van der Waals surface area contributed by atoms with Crippen molar-refractivity contribution in [2.45, 2.75) is 32.6 Å². The number of carbonyl (C=O) groups is 1. The van der Waals surface area contributed by atoms with Crippen molar-refractivity contribution < 1.29 is 18.7 Å². The first-order chi connectivity index (χ1) is 7.78. The number of rotatable bonds is 5. The minimum atomic E-state index is -2.74. The van der Waals surface area contributed by atoms with E-state index in [-0.39, 0.29) is 6.42 Å². The first-order valence-corrected chi connectivity index (χ1v) is 5.46. The second-order valence-corrected chi connectivity index (χ2v) is 4.51. The van der Waals surface area contributed by atoms with Crippen LogP contribution in [0.4, 0.5) is 8.78 Å². The van der Waals surface area contributed by atoms with Gasteiger partial charge in [0.15, 0.2) is 0 Å². The first kappa shape index (κ1) is 13.6. The van der Waals surface area contributed by atoms with Crippen LogP contribution in [0, 0.1) is 5.92 Å². The second-order valence-electron chi connectivity index (χ2n) is 4.51. The van der Waals surface area contributed by atoms with Crippen LogP contribution in [0.2, 0.25) is 0 Å². The third-order valence-corrected chi connectivity index (χ3v) is 2.47. The first-order valence-electron chi connectivity index (χ1n) is 5.46. The van der Waals surface area contributed by atoms with Crippen LogP contribution in [0.25, 0.3) is 0 Å². The Labute approximate surface area is 99.3 Å². The quantitative estimate of drug-likeness (QED) is 0.861. The number of alkyl halides is 2. The Balaban J connectivity index is 2.76. The fourth-order valence-electron chi connectivity index (χ4n) is 1.67. The van der Waals surface area contributed by atoms with Gasteiger partial charge in [-0.1, -0.05) is 31.2 Å². The van der Waals surface area contributed by atoms with E-state index in [4.69, 9.17) is 5.11 Å². The van der Waals surface area contributed by atoms with Crippen molar-refractivity contribution in [3.63, 3.8) is 0 Å². The van der Waals surface area contributed by atoms with E-state index in [9.17, 15) is 13.6 Å². The zero-order valence-corrected chi connectivity index (χ0v) is 9.91. The number of benzene rings is 1. The highest BCUT2D eigenvalue weighted by Crippen LogP contribution is 2.20. The fourth-order valence-corrected chi connectivity index (χ4v) is 1.67. The lowest BCUT2D eigenvalue weighted by Gasteiger charge is -2.12. The number of hydrogen-bond acceptors (Lipinski definition) is 1. The third kappa shape index (κ3) is 4.93. The number of halogens is 2. The molecule has 0 amide bonds. The molecule has 2 nitrogen and oxygen atoms in total. The van der Waals surface area contributed by atoms with Gasteiger partial charge in [0, 0.05) is 6.42 Å². The minimum Gasteiger partial charge on any atom is -0.481 e. The van der Waals surface area contributed by atoms with Crippen molar-refractivity contribution in [3.05, 3.63) is 35.4 Å². The SMILES string of the molecule is CC(Cc1cccc(CC(C)(F)F)c1)C(=O)O. The van der Waals surface area contributed by atoms with Crippen molar-refractivity contribution in [2.24, 2.45) is 5.92 Å². The summed E-state index contributed by atoms with van der Waals surface area (Å²) < 4.78 is 25.7. The van der Waals surface area contributed by atoms with Crippen molar-refractivity contribution in [1.29, 1.82) is 0 Å². The van der Waals surface area contributed by atoms with E-state index in [0.717, 1.165) is 12.5 Å². The highest BCUT2D eigenvalue weighted by molar-refractivity contribution is 5.69. The molecule has 0 fully saturated rings. The van der Waals surface area contributed by atoms with Crippen LogP contribution in [0.5, 0.6) is 0 Å². The van der Waals surface area contributed by atoms with Gasteiger partial charge >= 0.3 is 5.97 Å². The molecule has 1 atom stereocenters. The van der Waals surface area contributed by atoms with Gasteiger partial charge in [-0.05, 0) is 24.5 Å². The molecule has 0 saturated carbocycles. The molecular formula is C13H16F2O2. The lowest BCUT2D eigenvalue weighted by Crippen LogP contribution is -2.15. The Morgan fingerprint density at radius 3 is 2.53 bits per heavy atom. The topological polar surface area (TPSA) is 37.3 Å². The summed E-state index contributed by atoms with van der Waals surface area (Å²) in [4.78, 5) is 10.7. The molecule has 1 rings (SSSR count). The van der Waals surface area contributed by atoms with E-state index in [0.29, 0.717) is 12.0 Å². The van der Waals surface area contributed by atoms with Crippen molar-refractivity contribution in [1.82, 2.24) is 0 Å². The normalized spacial score (nSPS) is 13.4. The van der Waals surface area contributed by atoms with E-state index in [1.54, 1.807) is 31.2 Å². The van der Waals surface area contributed by atoms with Crippen LogP contribution in [0.15, 0.2) is 24.3 Å². The van der Waals surface area contributed by atoms with Gasteiger partial charge < -0.3 is 5.11 Å². The maximum atomic E-state index is 12.8. The zero-order chi connectivity index (χ0) is 13.1. The molecule has 1 N–H and O–H groups in total. The monoisotopic (exact) mass is 242 g/mol. The summed E-state index contributed by atoms with van der Waals surface area (Å²) in [6.45, 7) is 2.48. The predicted molar refractivity (Wildman–Crippen MR) is 61.3 cm³/mol. The molecule has 1 unspecified atom stereocenters. The van der Waals surface area contributed by atoms with Gasteiger partial charge in [-0.2, -0.15) is 0 Å². The second kappa shape index (κ2) is 5.25. The highest BCUT2D eigenvalue weighted by atomic mass is 19.3. The van der Waals surface area contributed by atoms with Crippen LogP contribution < -0.4 is 0 Å². The van der Waals surface area contributed by atoms with E-state index < -0.39 is 17.8 Å². The number of hydrogen-bond donors (Lipinski definition) is 1. The summed E-state index contributed by atoms with van der Waals surface area (Å²) >= 11 is 0.